The summed E-state index contributed by atoms with van der Waals surface area (Å²) in [5, 5.41) is 18.8. The summed E-state index contributed by atoms with van der Waals surface area (Å²) in [5.74, 6) is -1.11. The average Bonchev–Trinajstić information content (AvgIpc) is 2.51. The van der Waals surface area contributed by atoms with Crippen LogP contribution in [0.4, 0.5) is 0 Å². The third-order valence-electron chi connectivity index (χ3n) is 1.48. The molecule has 66 valence electrons. The first-order valence-corrected chi connectivity index (χ1v) is 3.39. The number of aromatic nitrogens is 2. The summed E-state index contributed by atoms with van der Waals surface area (Å²) in [6.07, 6.45) is 3.11. The summed E-state index contributed by atoms with van der Waals surface area (Å²) in [6.45, 7) is 0. The molecule has 0 aliphatic carbocycles. The Morgan fingerprint density at radius 1 is 1.92 bits per heavy atom. The number of imidazole rings is 1. The van der Waals surface area contributed by atoms with Gasteiger partial charge in [0.1, 0.15) is 0 Å². The highest BCUT2D eigenvalue weighted by Gasteiger charge is 2.18. The number of quaternary nitrogens is 1. The van der Waals surface area contributed by atoms with E-state index in [1.807, 2.05) is 0 Å². The minimum absolute atomic E-state index is 0.166. The van der Waals surface area contributed by atoms with E-state index in [4.69, 9.17) is 5.11 Å². The number of aromatic amines is 1. The Kier molecular flexibility index (Phi) is 2.78. The third kappa shape index (κ3) is 2.04. The number of nitrogens with zero attached hydrogens (tertiary/aromatic N) is 1. The van der Waals surface area contributed by atoms with Gasteiger partial charge in [0, 0.05) is 11.9 Å². The quantitative estimate of drug-likeness (QED) is 0.477. The van der Waals surface area contributed by atoms with Crippen molar-refractivity contribution in [2.75, 3.05) is 0 Å². The molecular weight excluding hydrogens is 162 g/mol. The molecule has 4 N–H and O–H groups in total. The molecule has 0 radical (unpaired) electrons. The van der Waals surface area contributed by atoms with Gasteiger partial charge in [-0.3, -0.25) is 0 Å². The Balaban J connectivity index is 2.54. The maximum absolute atomic E-state index is 10.4. The standard InChI is InChI=1S/C6H9N3O3/c10-6(11)5(9-12)1-4-2-7-3-8-4/h2-3,5H,1,9H2,(H,7,8)(H,10,11)/t5-/m0/s1. The van der Waals surface area contributed by atoms with Gasteiger partial charge < -0.3 is 20.8 Å². The van der Waals surface area contributed by atoms with E-state index in [0.29, 0.717) is 11.2 Å². The first kappa shape index (κ1) is 8.69. The predicted molar refractivity (Wildman–Crippen MR) is 39.0 cm³/mol. The molecule has 0 aliphatic rings. The van der Waals surface area contributed by atoms with Crippen LogP contribution in [0.1, 0.15) is 5.69 Å². The Morgan fingerprint density at radius 2 is 2.67 bits per heavy atom. The lowest BCUT2D eigenvalue weighted by Gasteiger charge is -2.10. The number of carboxylic acid groups (broad SMARTS) is 1. The molecule has 0 saturated heterocycles. The van der Waals surface area contributed by atoms with Crippen LogP contribution >= 0.6 is 0 Å². The molecule has 0 saturated carbocycles. The summed E-state index contributed by atoms with van der Waals surface area (Å²) in [4.78, 5) is 16.8. The van der Waals surface area contributed by atoms with Crippen LogP contribution in [0.25, 0.3) is 0 Å². The molecule has 0 spiro atoms. The van der Waals surface area contributed by atoms with Crippen LogP contribution in [-0.4, -0.2) is 27.1 Å². The zero-order valence-corrected chi connectivity index (χ0v) is 6.23. The maximum Gasteiger partial charge on any atom is 0.363 e. The van der Waals surface area contributed by atoms with E-state index < -0.39 is 12.0 Å². The molecule has 1 aromatic heterocycles. The SMILES string of the molecule is O=C(O)[C@H](Cc1cnc[nH]1)[NH2+][O-]. The van der Waals surface area contributed by atoms with Crippen molar-refractivity contribution in [1.82, 2.24) is 9.97 Å². The van der Waals surface area contributed by atoms with Crippen LogP contribution in [0, 0.1) is 5.21 Å². The van der Waals surface area contributed by atoms with Crippen molar-refractivity contribution in [3.63, 3.8) is 0 Å². The molecule has 0 amide bonds. The lowest BCUT2D eigenvalue weighted by atomic mass is 10.2. The molecule has 6 nitrogen and oxygen atoms in total. The van der Waals surface area contributed by atoms with E-state index >= 15 is 0 Å². The van der Waals surface area contributed by atoms with Gasteiger partial charge in [0.25, 0.3) is 0 Å². The van der Waals surface area contributed by atoms with E-state index in [-0.39, 0.29) is 6.42 Å². The second-order valence-corrected chi connectivity index (χ2v) is 2.36. The minimum Gasteiger partial charge on any atom is -0.635 e. The van der Waals surface area contributed by atoms with E-state index in [1.54, 1.807) is 0 Å². The number of nitrogens with one attached hydrogen (secondary N) is 1. The summed E-state index contributed by atoms with van der Waals surface area (Å²) < 4.78 is 0. The van der Waals surface area contributed by atoms with E-state index in [9.17, 15) is 10.0 Å². The van der Waals surface area contributed by atoms with E-state index in [2.05, 4.69) is 9.97 Å². The van der Waals surface area contributed by atoms with Crippen molar-refractivity contribution in [1.29, 1.82) is 0 Å². The second kappa shape index (κ2) is 3.84. The normalized spacial score (nSPS) is 12.8. The van der Waals surface area contributed by atoms with Gasteiger partial charge in [0.05, 0.1) is 12.7 Å². The fraction of sp³-hybridized carbons (Fsp3) is 0.333. The van der Waals surface area contributed by atoms with Crippen LogP contribution in [0.15, 0.2) is 12.5 Å². The van der Waals surface area contributed by atoms with Crippen molar-refractivity contribution in [2.45, 2.75) is 12.5 Å². The first-order valence-electron chi connectivity index (χ1n) is 3.39. The minimum atomic E-state index is -1.11. The molecule has 0 aromatic carbocycles. The van der Waals surface area contributed by atoms with Crippen molar-refractivity contribution >= 4 is 5.97 Å². The molecule has 0 bridgehead atoms. The smallest absolute Gasteiger partial charge is 0.363 e. The monoisotopic (exact) mass is 171 g/mol. The maximum atomic E-state index is 10.4. The van der Waals surface area contributed by atoms with Crippen molar-refractivity contribution in [3.05, 3.63) is 23.4 Å². The van der Waals surface area contributed by atoms with E-state index in [1.165, 1.54) is 12.5 Å². The molecule has 1 rings (SSSR count). The number of rotatable bonds is 4. The summed E-state index contributed by atoms with van der Waals surface area (Å²) in [5.41, 5.74) is 1.07. The molecule has 0 aliphatic heterocycles. The van der Waals surface area contributed by atoms with Gasteiger partial charge >= 0.3 is 5.97 Å². The molecule has 6 heteroatoms. The average molecular weight is 171 g/mol. The number of H-pyrrole nitrogens is 1. The zero-order chi connectivity index (χ0) is 8.97. The van der Waals surface area contributed by atoms with Gasteiger partial charge in [-0.15, -0.1) is 0 Å². The summed E-state index contributed by atoms with van der Waals surface area (Å²) >= 11 is 0. The molecular formula is C6H9N3O3. The zero-order valence-electron chi connectivity index (χ0n) is 6.23. The van der Waals surface area contributed by atoms with Crippen molar-refractivity contribution in [3.8, 4) is 0 Å². The van der Waals surface area contributed by atoms with Crippen LogP contribution in [0.2, 0.25) is 0 Å². The highest BCUT2D eigenvalue weighted by atomic mass is 16.5. The molecule has 0 unspecified atom stereocenters. The third-order valence-corrected chi connectivity index (χ3v) is 1.48. The Hall–Kier alpha value is -1.40. The molecule has 1 atom stereocenters. The van der Waals surface area contributed by atoms with Gasteiger partial charge in [0.2, 0.25) is 0 Å². The van der Waals surface area contributed by atoms with E-state index in [0.717, 1.165) is 0 Å². The van der Waals surface area contributed by atoms with Gasteiger partial charge in [-0.25, -0.2) is 9.78 Å². The highest BCUT2D eigenvalue weighted by molar-refractivity contribution is 5.71. The molecule has 1 heterocycles. The number of nitrogens with two attached hydrogens (primary N) is 1. The van der Waals surface area contributed by atoms with Crippen LogP contribution < -0.4 is 5.48 Å². The Bertz CT molecular complexity index is 247. The van der Waals surface area contributed by atoms with Crippen molar-refractivity contribution < 1.29 is 15.4 Å². The second-order valence-electron chi connectivity index (χ2n) is 2.36. The van der Waals surface area contributed by atoms with Crippen LogP contribution in [-0.2, 0) is 11.2 Å². The Labute approximate surface area is 68.2 Å². The molecule has 12 heavy (non-hydrogen) atoms. The fourth-order valence-corrected chi connectivity index (χ4v) is 0.827. The number of hydroxylamine groups is 1. The molecule has 1 aromatic rings. The van der Waals surface area contributed by atoms with Crippen LogP contribution in [0.5, 0.6) is 0 Å². The number of aliphatic carboxylic acids is 1. The predicted octanol–water partition coefficient (Wildman–Crippen LogP) is -1.53. The topological polar surface area (TPSA) is 106 Å². The lowest BCUT2D eigenvalue weighted by Crippen LogP contribution is -2.87. The lowest BCUT2D eigenvalue weighted by molar-refractivity contribution is -0.615. The van der Waals surface area contributed by atoms with Gasteiger partial charge in [-0.1, -0.05) is 0 Å². The van der Waals surface area contributed by atoms with Crippen LogP contribution in [0.3, 0.4) is 0 Å². The molecule has 0 fully saturated rings. The highest BCUT2D eigenvalue weighted by Crippen LogP contribution is 1.94. The van der Waals surface area contributed by atoms with Gasteiger partial charge in [-0.2, -0.15) is 0 Å². The number of carbonyl (C=O) groups is 1. The van der Waals surface area contributed by atoms with Gasteiger partial charge in [-0.05, 0) is 0 Å². The van der Waals surface area contributed by atoms with Crippen molar-refractivity contribution in [2.24, 2.45) is 0 Å². The summed E-state index contributed by atoms with van der Waals surface area (Å²) in [7, 11) is 0. The fourth-order valence-electron chi connectivity index (χ4n) is 0.827. The Morgan fingerprint density at radius 3 is 3.08 bits per heavy atom. The first-order chi connectivity index (χ1) is 5.74. The largest absolute Gasteiger partial charge is 0.635 e. The number of carboxylic acids is 1. The number of hydrogen-bond acceptors (Lipinski definition) is 3. The van der Waals surface area contributed by atoms with Gasteiger partial charge in [0.15, 0.2) is 6.04 Å². The summed E-state index contributed by atoms with van der Waals surface area (Å²) in [6, 6.07) is -0.981. The number of hydrogen-bond donors (Lipinski definition) is 3.